The van der Waals surface area contributed by atoms with E-state index in [2.05, 4.69) is 4.98 Å². The lowest BCUT2D eigenvalue weighted by Crippen LogP contribution is -2.58. The smallest absolute Gasteiger partial charge is 0.329 e. The highest BCUT2D eigenvalue weighted by Gasteiger charge is 2.46. The summed E-state index contributed by atoms with van der Waals surface area (Å²) in [5, 5.41) is 9.59. The number of carboxylic acid groups (broad SMARTS) is 1. The van der Waals surface area contributed by atoms with Gasteiger partial charge in [0, 0.05) is 35.8 Å². The molecule has 1 aliphatic rings. The Balaban J connectivity index is 1.73. The van der Waals surface area contributed by atoms with Crippen LogP contribution in [0.2, 0.25) is 0 Å². The van der Waals surface area contributed by atoms with E-state index >= 15 is 0 Å². The van der Waals surface area contributed by atoms with Gasteiger partial charge in [-0.05, 0) is 43.5 Å². The van der Waals surface area contributed by atoms with Gasteiger partial charge in [0.25, 0.3) is 0 Å². The van der Waals surface area contributed by atoms with Gasteiger partial charge in [-0.25, -0.2) is 4.79 Å². The average Bonchev–Trinajstić information content (AvgIpc) is 2.68. The maximum absolute atomic E-state index is 12.9. The zero-order valence-corrected chi connectivity index (χ0v) is 15.7. The molecule has 0 fully saturated rings. The van der Waals surface area contributed by atoms with Crippen molar-refractivity contribution in [3.8, 4) is 0 Å². The standard InChI is InChI=1S/C20H20N2O4S/c1-20(19(25)26)10-8-14-5-2-3-7-16(14)22(20)17(23)9-12-27-18(24)15-6-4-11-21-13-15/h2-7,11,13H,8-10,12H2,1H3,(H,25,26). The zero-order chi connectivity index (χ0) is 19.4. The van der Waals surface area contributed by atoms with E-state index in [0.29, 0.717) is 24.1 Å². The fourth-order valence-corrected chi connectivity index (χ4v) is 3.97. The Labute approximate surface area is 161 Å². The number of rotatable bonds is 5. The normalized spacial score (nSPS) is 18.6. The van der Waals surface area contributed by atoms with Gasteiger partial charge >= 0.3 is 5.97 Å². The summed E-state index contributed by atoms with van der Waals surface area (Å²) in [5.74, 6) is -1.04. The number of para-hydroxylation sites is 1. The summed E-state index contributed by atoms with van der Waals surface area (Å²) in [5.41, 5.74) is 0.795. The molecule has 0 saturated carbocycles. The third kappa shape index (κ3) is 3.88. The van der Waals surface area contributed by atoms with Crippen LogP contribution in [0.4, 0.5) is 5.69 Å². The van der Waals surface area contributed by atoms with Crippen LogP contribution in [0.15, 0.2) is 48.8 Å². The van der Waals surface area contributed by atoms with E-state index in [1.807, 2.05) is 12.1 Å². The van der Waals surface area contributed by atoms with Crippen molar-refractivity contribution in [1.82, 2.24) is 4.98 Å². The van der Waals surface area contributed by atoms with Crippen molar-refractivity contribution in [2.24, 2.45) is 0 Å². The van der Waals surface area contributed by atoms with Gasteiger partial charge in [0.2, 0.25) is 11.0 Å². The lowest BCUT2D eigenvalue weighted by Gasteiger charge is -2.42. The van der Waals surface area contributed by atoms with Crippen molar-refractivity contribution >= 4 is 34.4 Å². The van der Waals surface area contributed by atoms with Crippen LogP contribution in [0, 0.1) is 0 Å². The van der Waals surface area contributed by atoms with E-state index in [1.165, 1.54) is 11.1 Å². The predicted octanol–water partition coefficient (Wildman–Crippen LogP) is 3.17. The van der Waals surface area contributed by atoms with E-state index in [1.54, 1.807) is 37.4 Å². The number of benzene rings is 1. The van der Waals surface area contributed by atoms with Crippen LogP contribution in [0.5, 0.6) is 0 Å². The molecule has 1 unspecified atom stereocenters. The Kier molecular flexibility index (Phi) is 5.60. The first-order chi connectivity index (χ1) is 12.9. The van der Waals surface area contributed by atoms with Gasteiger partial charge < -0.3 is 5.11 Å². The monoisotopic (exact) mass is 384 g/mol. The molecule has 1 aromatic heterocycles. The quantitative estimate of drug-likeness (QED) is 0.852. The minimum Gasteiger partial charge on any atom is -0.479 e. The Bertz CT molecular complexity index is 871. The molecule has 1 aromatic carbocycles. The van der Waals surface area contributed by atoms with Crippen molar-refractivity contribution in [1.29, 1.82) is 0 Å². The summed E-state index contributed by atoms with van der Waals surface area (Å²) in [6, 6.07) is 10.7. The summed E-state index contributed by atoms with van der Waals surface area (Å²) in [6.45, 7) is 1.58. The van der Waals surface area contributed by atoms with Crippen molar-refractivity contribution < 1.29 is 19.5 Å². The third-order valence-electron chi connectivity index (χ3n) is 4.76. The van der Waals surface area contributed by atoms with Crippen LogP contribution in [0.1, 0.15) is 35.7 Å². The molecule has 1 atom stereocenters. The van der Waals surface area contributed by atoms with Crippen LogP contribution in [0.3, 0.4) is 0 Å². The van der Waals surface area contributed by atoms with Gasteiger partial charge in [0.05, 0.1) is 0 Å². The molecule has 1 N–H and O–H groups in total. The largest absolute Gasteiger partial charge is 0.479 e. The fraction of sp³-hybridized carbons (Fsp3) is 0.300. The van der Waals surface area contributed by atoms with Crippen molar-refractivity contribution in [2.45, 2.75) is 31.7 Å². The molecule has 27 heavy (non-hydrogen) atoms. The molecule has 0 radical (unpaired) electrons. The number of fused-ring (bicyclic) bond motifs is 1. The summed E-state index contributed by atoms with van der Waals surface area (Å²) in [7, 11) is 0. The number of hydrogen-bond donors (Lipinski definition) is 1. The summed E-state index contributed by atoms with van der Waals surface area (Å²) < 4.78 is 0. The first kappa shape index (κ1) is 19.1. The molecule has 6 nitrogen and oxygen atoms in total. The van der Waals surface area contributed by atoms with Crippen LogP contribution in [0.25, 0.3) is 0 Å². The minimum atomic E-state index is -1.29. The molecule has 7 heteroatoms. The molecule has 3 rings (SSSR count). The molecule has 0 saturated heterocycles. The maximum Gasteiger partial charge on any atom is 0.329 e. The van der Waals surface area contributed by atoms with Crippen LogP contribution in [-0.4, -0.2) is 38.4 Å². The Morgan fingerprint density at radius 1 is 1.22 bits per heavy atom. The van der Waals surface area contributed by atoms with Crippen LogP contribution < -0.4 is 4.90 Å². The number of amides is 1. The number of nitrogens with zero attached hydrogens (tertiary/aromatic N) is 2. The number of aliphatic carboxylic acids is 1. The number of aromatic nitrogens is 1. The van der Waals surface area contributed by atoms with E-state index in [0.717, 1.165) is 17.3 Å². The maximum atomic E-state index is 12.9. The molecule has 0 bridgehead atoms. The second-order valence-electron chi connectivity index (χ2n) is 6.56. The third-order valence-corrected chi connectivity index (χ3v) is 5.67. The van der Waals surface area contributed by atoms with Gasteiger partial charge in [-0.15, -0.1) is 0 Å². The molecule has 1 amide bonds. The van der Waals surface area contributed by atoms with Gasteiger partial charge in [-0.3, -0.25) is 19.5 Å². The molecule has 140 valence electrons. The lowest BCUT2D eigenvalue weighted by atomic mass is 9.85. The number of carbonyl (C=O) groups is 3. The molecule has 2 heterocycles. The minimum absolute atomic E-state index is 0.0773. The molecule has 0 aliphatic carbocycles. The highest BCUT2D eigenvalue weighted by Crippen LogP contribution is 2.37. The Morgan fingerprint density at radius 3 is 2.70 bits per heavy atom. The van der Waals surface area contributed by atoms with Gasteiger partial charge in [-0.2, -0.15) is 0 Å². The van der Waals surface area contributed by atoms with E-state index in [9.17, 15) is 19.5 Å². The fourth-order valence-electron chi connectivity index (χ4n) is 3.22. The number of hydrogen-bond acceptors (Lipinski definition) is 5. The van der Waals surface area contributed by atoms with Crippen molar-refractivity contribution in [2.75, 3.05) is 10.7 Å². The topological polar surface area (TPSA) is 87.6 Å². The van der Waals surface area contributed by atoms with Crippen LogP contribution >= 0.6 is 11.8 Å². The number of aryl methyl sites for hydroxylation is 1. The van der Waals surface area contributed by atoms with Gasteiger partial charge in [-0.1, -0.05) is 30.0 Å². The molecule has 0 spiro atoms. The molecular formula is C20H20N2O4S. The number of anilines is 1. The second kappa shape index (κ2) is 7.92. The lowest BCUT2D eigenvalue weighted by molar-refractivity contribution is -0.145. The highest BCUT2D eigenvalue weighted by molar-refractivity contribution is 8.14. The van der Waals surface area contributed by atoms with E-state index in [-0.39, 0.29) is 23.2 Å². The molecule has 1 aliphatic heterocycles. The summed E-state index contributed by atoms with van der Waals surface area (Å²) >= 11 is 1.04. The summed E-state index contributed by atoms with van der Waals surface area (Å²) in [4.78, 5) is 42.3. The molecular weight excluding hydrogens is 364 g/mol. The Hall–Kier alpha value is -2.67. The number of carboxylic acids is 1. The van der Waals surface area contributed by atoms with Crippen LogP contribution in [-0.2, 0) is 16.0 Å². The van der Waals surface area contributed by atoms with Crippen molar-refractivity contribution in [3.05, 3.63) is 59.9 Å². The Morgan fingerprint density at radius 2 is 2.00 bits per heavy atom. The van der Waals surface area contributed by atoms with E-state index in [4.69, 9.17) is 0 Å². The molecule has 2 aromatic rings. The number of pyridine rings is 1. The SMILES string of the molecule is CC1(C(=O)O)CCc2ccccc2N1C(=O)CCSC(=O)c1cccnc1. The van der Waals surface area contributed by atoms with Gasteiger partial charge in [0.15, 0.2) is 0 Å². The zero-order valence-electron chi connectivity index (χ0n) is 14.9. The van der Waals surface area contributed by atoms with Gasteiger partial charge in [0.1, 0.15) is 5.54 Å². The van der Waals surface area contributed by atoms with Crippen molar-refractivity contribution in [3.63, 3.8) is 0 Å². The van der Waals surface area contributed by atoms with E-state index < -0.39 is 11.5 Å². The first-order valence-electron chi connectivity index (χ1n) is 8.65. The predicted molar refractivity (Wildman–Crippen MR) is 104 cm³/mol. The average molecular weight is 384 g/mol. The second-order valence-corrected chi connectivity index (χ2v) is 7.63. The highest BCUT2D eigenvalue weighted by atomic mass is 32.2. The first-order valence-corrected chi connectivity index (χ1v) is 9.63. The number of thioether (sulfide) groups is 1. The number of carbonyl (C=O) groups excluding carboxylic acids is 2. The summed E-state index contributed by atoms with van der Waals surface area (Å²) in [6.07, 6.45) is 4.11.